The van der Waals surface area contributed by atoms with Crippen molar-refractivity contribution in [3.8, 4) is 11.6 Å². The quantitative estimate of drug-likeness (QED) is 0.783. The van der Waals surface area contributed by atoms with Gasteiger partial charge in [0.25, 0.3) is 5.91 Å². The number of rotatable bonds is 4. The Hall–Kier alpha value is -2.93. The number of hydrogen-bond donors (Lipinski definition) is 1. The topological polar surface area (TPSA) is 77.3 Å². The molecule has 0 radical (unpaired) electrons. The first-order chi connectivity index (χ1) is 11.1. The monoisotopic (exact) mass is 333 g/mol. The molecule has 2 aromatic heterocycles. The summed E-state index contributed by atoms with van der Waals surface area (Å²) in [7, 11) is 0. The molecule has 3 aromatic rings. The van der Waals surface area contributed by atoms with E-state index < -0.39 is 11.7 Å². The number of nitrogens with zero attached hydrogens (tertiary/aromatic N) is 2. The number of hydrogen-bond acceptors (Lipinski definition) is 5. The van der Waals surface area contributed by atoms with E-state index in [1.165, 1.54) is 49.0 Å². The Morgan fingerprint density at radius 1 is 1.22 bits per heavy atom. The number of halogens is 2. The van der Waals surface area contributed by atoms with Gasteiger partial charge in [0.2, 0.25) is 5.88 Å². The standard InChI is InChI=1S/C15H9ClFN3O3/c16-11-8-10(1-2-12(11)17)23-13-7-9(3-4-18-13)14(21)20-15-19-5-6-22-15/h1-8H,(H,19,20,21). The van der Waals surface area contributed by atoms with Gasteiger partial charge in [-0.2, -0.15) is 0 Å². The van der Waals surface area contributed by atoms with Crippen LogP contribution in [0.1, 0.15) is 10.4 Å². The van der Waals surface area contributed by atoms with Crippen molar-refractivity contribution in [3.63, 3.8) is 0 Å². The van der Waals surface area contributed by atoms with Crippen molar-refractivity contribution in [1.29, 1.82) is 0 Å². The Morgan fingerprint density at radius 2 is 2.09 bits per heavy atom. The molecule has 1 amide bonds. The van der Waals surface area contributed by atoms with Crippen molar-refractivity contribution in [2.45, 2.75) is 0 Å². The summed E-state index contributed by atoms with van der Waals surface area (Å²) in [5.41, 5.74) is 0.293. The van der Waals surface area contributed by atoms with Crippen LogP contribution in [0.25, 0.3) is 0 Å². The third-order valence-electron chi connectivity index (χ3n) is 2.76. The summed E-state index contributed by atoms with van der Waals surface area (Å²) < 4.78 is 23.5. The van der Waals surface area contributed by atoms with Gasteiger partial charge in [0.05, 0.1) is 11.2 Å². The van der Waals surface area contributed by atoms with Gasteiger partial charge in [0.1, 0.15) is 17.8 Å². The van der Waals surface area contributed by atoms with E-state index in [1.54, 1.807) is 0 Å². The Bertz CT molecular complexity index is 840. The number of ether oxygens (including phenoxy) is 1. The first-order valence-corrected chi connectivity index (χ1v) is 6.79. The number of aromatic nitrogens is 2. The second-order valence-electron chi connectivity index (χ2n) is 4.35. The highest BCUT2D eigenvalue weighted by atomic mass is 35.5. The summed E-state index contributed by atoms with van der Waals surface area (Å²) in [4.78, 5) is 19.8. The van der Waals surface area contributed by atoms with Crippen LogP contribution in [0.3, 0.4) is 0 Å². The molecule has 0 unspecified atom stereocenters. The largest absolute Gasteiger partial charge is 0.439 e. The lowest BCUT2D eigenvalue weighted by molar-refractivity contribution is 0.102. The van der Waals surface area contributed by atoms with Gasteiger partial charge in [-0.25, -0.2) is 14.4 Å². The molecule has 8 heteroatoms. The number of pyridine rings is 1. The fourth-order valence-electron chi connectivity index (χ4n) is 1.72. The normalized spacial score (nSPS) is 10.3. The van der Waals surface area contributed by atoms with Crippen LogP contribution < -0.4 is 10.1 Å². The first-order valence-electron chi connectivity index (χ1n) is 6.41. The number of oxazole rings is 1. The average molecular weight is 334 g/mol. The molecular weight excluding hydrogens is 325 g/mol. The molecule has 116 valence electrons. The molecule has 0 fully saturated rings. The Kier molecular flexibility index (Phi) is 4.20. The molecule has 0 saturated carbocycles. The van der Waals surface area contributed by atoms with Crippen LogP contribution in [0.5, 0.6) is 11.6 Å². The summed E-state index contributed by atoms with van der Waals surface area (Å²) in [5.74, 6) is -0.523. The maximum absolute atomic E-state index is 13.1. The smallest absolute Gasteiger partial charge is 0.301 e. The molecule has 0 aliphatic rings. The van der Waals surface area contributed by atoms with Crippen molar-refractivity contribution >= 4 is 23.5 Å². The second kappa shape index (κ2) is 6.45. The van der Waals surface area contributed by atoms with E-state index in [4.69, 9.17) is 20.8 Å². The highest BCUT2D eigenvalue weighted by Gasteiger charge is 2.11. The summed E-state index contributed by atoms with van der Waals surface area (Å²) >= 11 is 5.68. The van der Waals surface area contributed by atoms with Gasteiger partial charge in [0, 0.05) is 23.9 Å². The molecule has 2 heterocycles. The van der Waals surface area contributed by atoms with E-state index in [2.05, 4.69) is 15.3 Å². The second-order valence-corrected chi connectivity index (χ2v) is 4.76. The summed E-state index contributed by atoms with van der Waals surface area (Å²) in [5, 5.41) is 2.41. The van der Waals surface area contributed by atoms with Gasteiger partial charge in [-0.05, 0) is 18.2 Å². The molecule has 23 heavy (non-hydrogen) atoms. The number of amides is 1. The van der Waals surface area contributed by atoms with Crippen molar-refractivity contribution in [3.05, 3.63) is 65.4 Å². The molecule has 0 aliphatic heterocycles. The van der Waals surface area contributed by atoms with E-state index in [9.17, 15) is 9.18 Å². The van der Waals surface area contributed by atoms with E-state index in [1.807, 2.05) is 0 Å². The Labute approximate surface area is 134 Å². The molecule has 0 aliphatic carbocycles. The van der Waals surface area contributed by atoms with Gasteiger partial charge in [-0.1, -0.05) is 11.6 Å². The zero-order valence-corrected chi connectivity index (χ0v) is 12.2. The zero-order chi connectivity index (χ0) is 16.2. The minimum atomic E-state index is -0.550. The fourth-order valence-corrected chi connectivity index (χ4v) is 1.89. The Morgan fingerprint density at radius 3 is 2.83 bits per heavy atom. The summed E-state index contributed by atoms with van der Waals surface area (Å²) in [6, 6.07) is 6.91. The molecule has 1 N–H and O–H groups in total. The summed E-state index contributed by atoms with van der Waals surface area (Å²) in [6.45, 7) is 0. The van der Waals surface area contributed by atoms with Crippen LogP contribution >= 0.6 is 11.6 Å². The average Bonchev–Trinajstić information content (AvgIpc) is 3.04. The third-order valence-corrected chi connectivity index (χ3v) is 3.05. The summed E-state index contributed by atoms with van der Waals surface area (Å²) in [6.07, 6.45) is 4.16. The van der Waals surface area contributed by atoms with Crippen LogP contribution in [-0.2, 0) is 0 Å². The van der Waals surface area contributed by atoms with Crippen LogP contribution in [0.2, 0.25) is 5.02 Å². The SMILES string of the molecule is O=C(Nc1ncco1)c1ccnc(Oc2ccc(F)c(Cl)c2)c1. The number of carbonyl (C=O) groups excluding carboxylic acids is 1. The highest BCUT2D eigenvalue weighted by molar-refractivity contribution is 6.30. The minimum Gasteiger partial charge on any atom is -0.439 e. The number of benzene rings is 1. The van der Waals surface area contributed by atoms with Crippen molar-refractivity contribution in [1.82, 2.24) is 9.97 Å². The molecule has 3 rings (SSSR count). The molecule has 0 saturated heterocycles. The van der Waals surface area contributed by atoms with Gasteiger partial charge in [-0.15, -0.1) is 0 Å². The lowest BCUT2D eigenvalue weighted by Gasteiger charge is -2.07. The maximum Gasteiger partial charge on any atom is 0.301 e. The van der Waals surface area contributed by atoms with Gasteiger partial charge in [0.15, 0.2) is 0 Å². The number of carbonyl (C=O) groups is 1. The van der Waals surface area contributed by atoms with E-state index in [0.717, 1.165) is 0 Å². The van der Waals surface area contributed by atoms with Gasteiger partial charge < -0.3 is 9.15 Å². The van der Waals surface area contributed by atoms with E-state index >= 15 is 0 Å². The lowest BCUT2D eigenvalue weighted by Crippen LogP contribution is -2.12. The van der Waals surface area contributed by atoms with Gasteiger partial charge in [-0.3, -0.25) is 10.1 Å². The van der Waals surface area contributed by atoms with Crippen molar-refractivity contribution in [2.24, 2.45) is 0 Å². The van der Waals surface area contributed by atoms with Crippen molar-refractivity contribution in [2.75, 3.05) is 5.32 Å². The molecule has 0 spiro atoms. The molecule has 0 bridgehead atoms. The van der Waals surface area contributed by atoms with Gasteiger partial charge >= 0.3 is 6.01 Å². The van der Waals surface area contributed by atoms with Crippen LogP contribution in [0.15, 0.2) is 53.4 Å². The predicted octanol–water partition coefficient (Wildman–Crippen LogP) is 3.91. The van der Waals surface area contributed by atoms with E-state index in [0.29, 0.717) is 11.3 Å². The van der Waals surface area contributed by atoms with Crippen molar-refractivity contribution < 1.29 is 18.3 Å². The highest BCUT2D eigenvalue weighted by Crippen LogP contribution is 2.25. The van der Waals surface area contributed by atoms with Crippen LogP contribution in [-0.4, -0.2) is 15.9 Å². The van der Waals surface area contributed by atoms with Crippen LogP contribution in [0, 0.1) is 5.82 Å². The fraction of sp³-hybridized carbons (Fsp3) is 0. The Balaban J connectivity index is 1.76. The maximum atomic E-state index is 13.1. The third kappa shape index (κ3) is 3.64. The first kappa shape index (κ1) is 15.0. The molecular formula is C15H9ClFN3O3. The number of nitrogens with one attached hydrogen (secondary N) is 1. The number of anilines is 1. The zero-order valence-electron chi connectivity index (χ0n) is 11.5. The molecule has 0 atom stereocenters. The lowest BCUT2D eigenvalue weighted by atomic mass is 10.2. The molecule has 6 nitrogen and oxygen atoms in total. The van der Waals surface area contributed by atoms with Crippen LogP contribution in [0.4, 0.5) is 10.4 Å². The van der Waals surface area contributed by atoms with E-state index in [-0.39, 0.29) is 16.9 Å². The molecule has 1 aromatic carbocycles. The minimum absolute atomic E-state index is 0.0692. The predicted molar refractivity (Wildman–Crippen MR) is 80.2 cm³/mol.